The quantitative estimate of drug-likeness (QED) is 0.301. The molecule has 0 radical (unpaired) electrons. The van der Waals surface area contributed by atoms with Gasteiger partial charge in [-0.15, -0.1) is 0 Å². The van der Waals surface area contributed by atoms with Crippen LogP contribution >= 0.6 is 0 Å². The number of rotatable bonds is 11. The highest BCUT2D eigenvalue weighted by Gasteiger charge is 2.49. The van der Waals surface area contributed by atoms with Crippen LogP contribution in [0.1, 0.15) is 43.5 Å². The molecule has 1 fully saturated rings. The van der Waals surface area contributed by atoms with Gasteiger partial charge in [0.25, 0.3) is 0 Å². The highest BCUT2D eigenvalue weighted by atomic mass is 16.6. The van der Waals surface area contributed by atoms with E-state index in [0.29, 0.717) is 17.7 Å². The van der Waals surface area contributed by atoms with E-state index < -0.39 is 73.1 Å². The molecule has 0 aliphatic carbocycles. The van der Waals surface area contributed by atoms with Crippen molar-refractivity contribution in [3.8, 4) is 0 Å². The van der Waals surface area contributed by atoms with Gasteiger partial charge in [-0.05, 0) is 11.5 Å². The van der Waals surface area contributed by atoms with Crippen molar-refractivity contribution in [1.82, 2.24) is 19.5 Å². The Kier molecular flexibility index (Phi) is 8.49. The standard InChI is InChI=1S/C26H28N4O9/c1-14(31)38-11-19-17(8-21(34)35)16(7-20(32)33)18(9-22(36)37)25(39-19)23-24-26(28-12-27-23)30(13-29-24)10-15-5-3-2-4-6-15/h2-6,12-13,16-19,25H,7-11H2,1H3,(H,32,33)(H,34,35)(H,36,37)/t16-,17-,18-,19-,25+/m0/s1. The van der Waals surface area contributed by atoms with Gasteiger partial charge in [-0.3, -0.25) is 19.2 Å². The lowest BCUT2D eigenvalue weighted by Crippen LogP contribution is -2.48. The van der Waals surface area contributed by atoms with Crippen molar-refractivity contribution >= 4 is 35.0 Å². The predicted octanol–water partition coefficient (Wildman–Crippen LogP) is 2.15. The number of aromatic nitrogens is 4. The Morgan fingerprint density at radius 2 is 1.54 bits per heavy atom. The minimum Gasteiger partial charge on any atom is -0.481 e. The molecule has 0 unspecified atom stereocenters. The summed E-state index contributed by atoms with van der Waals surface area (Å²) in [6.45, 7) is 1.30. The van der Waals surface area contributed by atoms with Crippen molar-refractivity contribution < 1.29 is 44.0 Å². The van der Waals surface area contributed by atoms with Crippen molar-refractivity contribution in [1.29, 1.82) is 0 Å². The Morgan fingerprint density at radius 1 is 0.897 bits per heavy atom. The minimum absolute atomic E-state index is 0.245. The van der Waals surface area contributed by atoms with E-state index in [2.05, 4.69) is 15.0 Å². The molecule has 39 heavy (non-hydrogen) atoms. The van der Waals surface area contributed by atoms with Crippen molar-refractivity contribution in [2.45, 2.75) is 44.9 Å². The average molecular weight is 541 g/mol. The SMILES string of the molecule is CC(=O)OC[C@@H]1O[C@@H](c2ncnc3c2ncn3Cc2ccccc2)[C@@H](CC(=O)O)[C@@H](CC(=O)O)[C@@H]1CC(=O)O. The van der Waals surface area contributed by atoms with E-state index in [9.17, 15) is 34.5 Å². The van der Waals surface area contributed by atoms with Crippen molar-refractivity contribution in [2.75, 3.05) is 6.61 Å². The second-order valence-corrected chi connectivity index (χ2v) is 9.47. The zero-order valence-electron chi connectivity index (χ0n) is 21.0. The van der Waals surface area contributed by atoms with Crippen LogP contribution in [0, 0.1) is 17.8 Å². The summed E-state index contributed by atoms with van der Waals surface area (Å²) in [6, 6.07) is 9.59. The molecule has 1 saturated heterocycles. The lowest BCUT2D eigenvalue weighted by Gasteiger charge is -2.46. The summed E-state index contributed by atoms with van der Waals surface area (Å²) in [5.41, 5.74) is 2.04. The molecule has 1 aliphatic rings. The van der Waals surface area contributed by atoms with Gasteiger partial charge in [0, 0.05) is 25.2 Å². The van der Waals surface area contributed by atoms with Crippen LogP contribution < -0.4 is 0 Å². The molecule has 2 aromatic heterocycles. The van der Waals surface area contributed by atoms with E-state index in [4.69, 9.17) is 9.47 Å². The highest BCUT2D eigenvalue weighted by Crippen LogP contribution is 2.48. The number of carbonyl (C=O) groups is 4. The minimum atomic E-state index is -1.22. The van der Waals surface area contributed by atoms with Crippen LogP contribution in [0.25, 0.3) is 11.2 Å². The van der Waals surface area contributed by atoms with Crippen LogP contribution in [0.2, 0.25) is 0 Å². The maximum atomic E-state index is 11.9. The molecule has 0 bridgehead atoms. The average Bonchev–Trinajstić information content (AvgIpc) is 3.28. The number of carbonyl (C=O) groups excluding carboxylic acids is 1. The Bertz CT molecular complexity index is 1360. The number of benzene rings is 1. The van der Waals surface area contributed by atoms with Gasteiger partial charge in [0.15, 0.2) is 5.65 Å². The molecule has 5 atom stereocenters. The second kappa shape index (κ2) is 12.0. The number of hydrogen-bond acceptors (Lipinski definition) is 9. The van der Waals surface area contributed by atoms with E-state index in [-0.39, 0.29) is 12.3 Å². The lowest BCUT2D eigenvalue weighted by molar-refractivity contribution is -0.189. The summed E-state index contributed by atoms with van der Waals surface area (Å²) in [7, 11) is 0. The molecule has 1 aliphatic heterocycles. The number of esters is 1. The topological polar surface area (TPSA) is 191 Å². The number of ether oxygens (including phenoxy) is 2. The van der Waals surface area contributed by atoms with Gasteiger partial charge in [0.05, 0.1) is 31.8 Å². The van der Waals surface area contributed by atoms with Gasteiger partial charge in [-0.2, -0.15) is 0 Å². The van der Waals surface area contributed by atoms with E-state index in [1.807, 2.05) is 30.3 Å². The summed E-state index contributed by atoms with van der Waals surface area (Å²) in [5.74, 6) is -7.13. The van der Waals surface area contributed by atoms with Gasteiger partial charge >= 0.3 is 23.9 Å². The van der Waals surface area contributed by atoms with Gasteiger partial charge in [0.1, 0.15) is 30.2 Å². The molecule has 206 valence electrons. The number of fused-ring (bicyclic) bond motifs is 1. The van der Waals surface area contributed by atoms with E-state index >= 15 is 0 Å². The van der Waals surface area contributed by atoms with Crippen molar-refractivity contribution in [2.24, 2.45) is 17.8 Å². The fourth-order valence-electron chi connectivity index (χ4n) is 5.29. The molecule has 3 aromatic rings. The summed E-state index contributed by atoms with van der Waals surface area (Å²) in [4.78, 5) is 60.3. The number of carboxylic acid groups (broad SMARTS) is 3. The summed E-state index contributed by atoms with van der Waals surface area (Å²) in [5, 5.41) is 29.0. The monoisotopic (exact) mass is 540 g/mol. The number of carboxylic acids is 3. The molecular weight excluding hydrogens is 512 g/mol. The third-order valence-corrected chi connectivity index (χ3v) is 6.86. The molecule has 0 amide bonds. The van der Waals surface area contributed by atoms with Gasteiger partial charge < -0.3 is 29.4 Å². The molecule has 1 aromatic carbocycles. The van der Waals surface area contributed by atoms with Gasteiger partial charge in [0.2, 0.25) is 0 Å². The smallest absolute Gasteiger partial charge is 0.303 e. The maximum absolute atomic E-state index is 11.9. The number of hydrogen-bond donors (Lipinski definition) is 3. The fourth-order valence-corrected chi connectivity index (χ4v) is 5.29. The van der Waals surface area contributed by atoms with E-state index in [0.717, 1.165) is 5.56 Å². The Balaban J connectivity index is 1.80. The summed E-state index contributed by atoms with van der Waals surface area (Å²) < 4.78 is 13.2. The molecule has 3 N–H and O–H groups in total. The van der Waals surface area contributed by atoms with E-state index in [1.54, 1.807) is 10.9 Å². The molecule has 13 heteroatoms. The Hall–Kier alpha value is -4.39. The van der Waals surface area contributed by atoms with Gasteiger partial charge in [-0.1, -0.05) is 30.3 Å². The Labute approximate surface area is 222 Å². The maximum Gasteiger partial charge on any atom is 0.303 e. The fraction of sp³-hybridized carbons (Fsp3) is 0.423. The lowest BCUT2D eigenvalue weighted by atomic mass is 9.68. The number of aliphatic carboxylic acids is 3. The second-order valence-electron chi connectivity index (χ2n) is 9.47. The third-order valence-electron chi connectivity index (χ3n) is 6.86. The van der Waals surface area contributed by atoms with Crippen molar-refractivity contribution in [3.63, 3.8) is 0 Å². The first kappa shape index (κ1) is 27.6. The number of nitrogens with zero attached hydrogens (tertiary/aromatic N) is 4. The zero-order valence-corrected chi connectivity index (χ0v) is 21.0. The Morgan fingerprint density at radius 3 is 2.18 bits per heavy atom. The third kappa shape index (κ3) is 6.55. The van der Waals surface area contributed by atoms with Gasteiger partial charge in [-0.25, -0.2) is 15.0 Å². The van der Waals surface area contributed by atoms with Crippen LogP contribution in [0.3, 0.4) is 0 Å². The molecule has 3 heterocycles. The molecule has 13 nitrogen and oxygen atoms in total. The van der Waals surface area contributed by atoms with Crippen LogP contribution in [-0.2, 0) is 35.2 Å². The van der Waals surface area contributed by atoms with Crippen LogP contribution in [0.15, 0.2) is 43.0 Å². The highest BCUT2D eigenvalue weighted by molar-refractivity contribution is 5.74. The predicted molar refractivity (Wildman–Crippen MR) is 132 cm³/mol. The van der Waals surface area contributed by atoms with Crippen LogP contribution in [-0.4, -0.2) is 71.4 Å². The summed E-state index contributed by atoms with van der Waals surface area (Å²) >= 11 is 0. The normalized spacial score (nSPS) is 22.8. The molecule has 0 spiro atoms. The first-order valence-corrected chi connectivity index (χ1v) is 12.3. The molecular formula is C26H28N4O9. The summed E-state index contributed by atoms with van der Waals surface area (Å²) in [6.07, 6.45) is -0.764. The van der Waals surface area contributed by atoms with E-state index in [1.165, 1.54) is 13.3 Å². The molecule has 0 saturated carbocycles. The largest absolute Gasteiger partial charge is 0.481 e. The van der Waals surface area contributed by atoms with Crippen LogP contribution in [0.5, 0.6) is 0 Å². The van der Waals surface area contributed by atoms with Crippen molar-refractivity contribution in [3.05, 3.63) is 54.2 Å². The first-order chi connectivity index (χ1) is 18.6. The first-order valence-electron chi connectivity index (χ1n) is 12.3. The zero-order chi connectivity index (χ0) is 28.1. The molecule has 4 rings (SSSR count). The van der Waals surface area contributed by atoms with Crippen LogP contribution in [0.4, 0.5) is 0 Å². The number of imidazole rings is 1.